The minimum Gasteiger partial charge on any atom is -0.497 e. The zero-order valence-corrected chi connectivity index (χ0v) is 14.8. The first-order valence-electron chi connectivity index (χ1n) is 7.88. The highest BCUT2D eigenvalue weighted by molar-refractivity contribution is 7.98. The van der Waals surface area contributed by atoms with Crippen molar-refractivity contribution in [2.75, 3.05) is 7.11 Å². The standard InChI is InChI=1S/C17H18N4O3S/c1-3-5-12-9-15(22)20-17(18-12)25-10-14-19-16(24-21-14)11-6-4-7-13(8-11)23-2/h4,6-9H,3,5,10H2,1-2H3,(H,18,20,22). The van der Waals surface area contributed by atoms with Crippen LogP contribution in [0.2, 0.25) is 0 Å². The minimum absolute atomic E-state index is 0.147. The van der Waals surface area contributed by atoms with Crippen molar-refractivity contribution in [1.82, 2.24) is 20.1 Å². The van der Waals surface area contributed by atoms with E-state index < -0.39 is 0 Å². The lowest BCUT2D eigenvalue weighted by molar-refractivity contribution is 0.412. The second-order valence-corrected chi connectivity index (χ2v) is 6.29. The summed E-state index contributed by atoms with van der Waals surface area (Å²) in [5.41, 5.74) is 1.43. The quantitative estimate of drug-likeness (QED) is 0.512. The van der Waals surface area contributed by atoms with Gasteiger partial charge in [-0.2, -0.15) is 4.98 Å². The van der Waals surface area contributed by atoms with Gasteiger partial charge in [0.2, 0.25) is 0 Å². The van der Waals surface area contributed by atoms with Crippen LogP contribution in [0.5, 0.6) is 5.75 Å². The fourth-order valence-electron chi connectivity index (χ4n) is 2.25. The molecule has 130 valence electrons. The predicted molar refractivity (Wildman–Crippen MR) is 94.7 cm³/mol. The van der Waals surface area contributed by atoms with Gasteiger partial charge in [-0.3, -0.25) is 4.79 Å². The van der Waals surface area contributed by atoms with Crippen LogP contribution in [0.25, 0.3) is 11.5 Å². The molecule has 0 spiro atoms. The number of hydrogen-bond acceptors (Lipinski definition) is 7. The number of ether oxygens (including phenoxy) is 1. The smallest absolute Gasteiger partial charge is 0.258 e. The molecule has 0 unspecified atom stereocenters. The first-order chi connectivity index (χ1) is 12.2. The highest BCUT2D eigenvalue weighted by Gasteiger charge is 2.11. The summed E-state index contributed by atoms with van der Waals surface area (Å²) >= 11 is 1.37. The molecule has 0 fully saturated rings. The third-order valence-electron chi connectivity index (χ3n) is 3.40. The molecule has 25 heavy (non-hydrogen) atoms. The molecule has 0 bridgehead atoms. The maximum Gasteiger partial charge on any atom is 0.258 e. The normalized spacial score (nSPS) is 10.8. The fraction of sp³-hybridized carbons (Fsp3) is 0.294. The molecule has 2 aromatic heterocycles. The zero-order valence-electron chi connectivity index (χ0n) is 14.0. The lowest BCUT2D eigenvalue weighted by atomic mass is 10.2. The van der Waals surface area contributed by atoms with Crippen molar-refractivity contribution in [2.45, 2.75) is 30.7 Å². The van der Waals surface area contributed by atoms with Gasteiger partial charge in [0.15, 0.2) is 11.0 Å². The summed E-state index contributed by atoms with van der Waals surface area (Å²) in [6.45, 7) is 2.05. The molecule has 1 N–H and O–H groups in total. The van der Waals surface area contributed by atoms with E-state index in [9.17, 15) is 4.79 Å². The molecule has 3 rings (SSSR count). The average Bonchev–Trinajstić information content (AvgIpc) is 3.09. The van der Waals surface area contributed by atoms with Crippen molar-refractivity contribution in [3.8, 4) is 17.2 Å². The number of rotatable bonds is 7. The summed E-state index contributed by atoms with van der Waals surface area (Å²) in [5.74, 6) is 2.13. The minimum atomic E-state index is -0.147. The number of thioether (sulfide) groups is 1. The molecule has 0 radical (unpaired) electrons. The van der Waals surface area contributed by atoms with E-state index in [4.69, 9.17) is 9.26 Å². The number of aryl methyl sites for hydroxylation is 1. The summed E-state index contributed by atoms with van der Waals surface area (Å²) in [5, 5.41) is 4.54. The van der Waals surface area contributed by atoms with Crippen LogP contribution in [-0.2, 0) is 12.2 Å². The highest BCUT2D eigenvalue weighted by atomic mass is 32.2. The van der Waals surface area contributed by atoms with Gasteiger partial charge in [0.1, 0.15) is 5.75 Å². The molecule has 0 amide bonds. The number of aromatic amines is 1. The van der Waals surface area contributed by atoms with Crippen LogP contribution >= 0.6 is 11.8 Å². The van der Waals surface area contributed by atoms with Gasteiger partial charge in [-0.15, -0.1) is 0 Å². The Bertz CT molecular complexity index is 907. The second kappa shape index (κ2) is 7.98. The number of nitrogens with zero attached hydrogens (tertiary/aromatic N) is 3. The highest BCUT2D eigenvalue weighted by Crippen LogP contribution is 2.24. The van der Waals surface area contributed by atoms with Crippen LogP contribution in [0, 0.1) is 0 Å². The molecule has 0 saturated carbocycles. The van der Waals surface area contributed by atoms with Gasteiger partial charge in [0.05, 0.1) is 12.9 Å². The summed E-state index contributed by atoms with van der Waals surface area (Å²) < 4.78 is 10.5. The third kappa shape index (κ3) is 4.48. The maximum atomic E-state index is 11.7. The van der Waals surface area contributed by atoms with Crippen LogP contribution in [0.1, 0.15) is 24.9 Å². The number of hydrogen-bond donors (Lipinski definition) is 1. The van der Waals surface area contributed by atoms with E-state index in [0.717, 1.165) is 29.8 Å². The first kappa shape index (κ1) is 17.2. The maximum absolute atomic E-state index is 11.7. The molecular weight excluding hydrogens is 340 g/mol. The monoisotopic (exact) mass is 358 g/mol. The number of benzene rings is 1. The third-order valence-corrected chi connectivity index (χ3v) is 4.27. The molecular formula is C17H18N4O3S. The molecule has 8 heteroatoms. The number of H-pyrrole nitrogens is 1. The van der Waals surface area contributed by atoms with Gasteiger partial charge in [-0.1, -0.05) is 36.3 Å². The zero-order chi connectivity index (χ0) is 17.6. The second-order valence-electron chi connectivity index (χ2n) is 5.33. The van der Waals surface area contributed by atoms with Crippen molar-refractivity contribution < 1.29 is 9.26 Å². The first-order valence-corrected chi connectivity index (χ1v) is 8.86. The van der Waals surface area contributed by atoms with Crippen molar-refractivity contribution in [3.63, 3.8) is 0 Å². The lowest BCUT2D eigenvalue weighted by Gasteiger charge is -2.01. The molecule has 0 atom stereocenters. The van der Waals surface area contributed by atoms with Crippen LogP contribution in [0.15, 0.2) is 44.8 Å². The van der Waals surface area contributed by atoms with E-state index >= 15 is 0 Å². The number of methoxy groups -OCH3 is 1. The Morgan fingerprint density at radius 3 is 2.96 bits per heavy atom. The van der Waals surface area contributed by atoms with E-state index in [0.29, 0.717) is 22.6 Å². The van der Waals surface area contributed by atoms with Crippen molar-refractivity contribution >= 4 is 11.8 Å². The fourth-order valence-corrected chi connectivity index (χ4v) is 2.99. The average molecular weight is 358 g/mol. The predicted octanol–water partition coefficient (Wildman–Crippen LogP) is 3.07. The Balaban J connectivity index is 1.70. The van der Waals surface area contributed by atoms with Crippen LogP contribution in [0.3, 0.4) is 0 Å². The van der Waals surface area contributed by atoms with Gasteiger partial charge in [-0.25, -0.2) is 4.98 Å². The van der Waals surface area contributed by atoms with Gasteiger partial charge < -0.3 is 14.2 Å². The van der Waals surface area contributed by atoms with Crippen LogP contribution in [-0.4, -0.2) is 27.2 Å². The summed E-state index contributed by atoms with van der Waals surface area (Å²) in [6.07, 6.45) is 1.72. The number of nitrogens with one attached hydrogen (secondary N) is 1. The molecule has 0 saturated heterocycles. The van der Waals surface area contributed by atoms with Crippen LogP contribution < -0.4 is 10.3 Å². The van der Waals surface area contributed by atoms with Gasteiger partial charge in [0.25, 0.3) is 11.4 Å². The summed E-state index contributed by atoms with van der Waals surface area (Å²) in [4.78, 5) is 23.2. The molecule has 1 aromatic carbocycles. The van der Waals surface area contributed by atoms with Crippen molar-refractivity contribution in [2.24, 2.45) is 0 Å². The Hall–Kier alpha value is -2.61. The van der Waals surface area contributed by atoms with E-state index in [1.165, 1.54) is 17.8 Å². The van der Waals surface area contributed by atoms with Gasteiger partial charge >= 0.3 is 0 Å². The Morgan fingerprint density at radius 2 is 2.16 bits per heavy atom. The number of aromatic nitrogens is 4. The molecule has 0 aliphatic carbocycles. The van der Waals surface area contributed by atoms with E-state index in [2.05, 4.69) is 27.0 Å². The largest absolute Gasteiger partial charge is 0.497 e. The van der Waals surface area contributed by atoms with E-state index in [1.807, 2.05) is 24.3 Å². The molecule has 7 nitrogen and oxygen atoms in total. The SMILES string of the molecule is CCCc1cc(=O)[nH]c(SCc2noc(-c3cccc(OC)c3)n2)n1. The Morgan fingerprint density at radius 1 is 1.28 bits per heavy atom. The van der Waals surface area contributed by atoms with Gasteiger partial charge in [-0.05, 0) is 24.6 Å². The van der Waals surface area contributed by atoms with E-state index in [1.54, 1.807) is 7.11 Å². The molecule has 3 aromatic rings. The molecule has 0 aliphatic heterocycles. The van der Waals surface area contributed by atoms with Crippen molar-refractivity contribution in [3.05, 3.63) is 52.2 Å². The summed E-state index contributed by atoms with van der Waals surface area (Å²) in [7, 11) is 1.61. The molecule has 2 heterocycles. The van der Waals surface area contributed by atoms with Gasteiger partial charge in [0, 0.05) is 17.3 Å². The van der Waals surface area contributed by atoms with Crippen LogP contribution in [0.4, 0.5) is 0 Å². The van der Waals surface area contributed by atoms with E-state index in [-0.39, 0.29) is 5.56 Å². The lowest BCUT2D eigenvalue weighted by Crippen LogP contribution is -2.10. The topological polar surface area (TPSA) is 93.9 Å². The molecule has 0 aliphatic rings. The van der Waals surface area contributed by atoms with Crippen molar-refractivity contribution in [1.29, 1.82) is 0 Å². The Labute approximate surface area is 148 Å². The summed E-state index contributed by atoms with van der Waals surface area (Å²) in [6, 6.07) is 8.95. The Kier molecular flexibility index (Phi) is 5.49.